The number of amides is 1. The van der Waals surface area contributed by atoms with Gasteiger partial charge in [-0.15, -0.1) is 11.3 Å². The zero-order chi connectivity index (χ0) is 23.4. The van der Waals surface area contributed by atoms with E-state index in [1.54, 1.807) is 36.4 Å². The molecule has 168 valence electrons. The molecule has 0 atom stereocenters. The number of methoxy groups -OCH3 is 1. The van der Waals surface area contributed by atoms with Crippen LogP contribution in [0.25, 0.3) is 21.9 Å². The summed E-state index contributed by atoms with van der Waals surface area (Å²) in [6.07, 6.45) is 1.62. The number of ether oxygens (including phenoxy) is 2. The first-order chi connectivity index (χ1) is 15.9. The minimum absolute atomic E-state index is 0.100. The van der Waals surface area contributed by atoms with Crippen LogP contribution < -0.4 is 14.8 Å². The summed E-state index contributed by atoms with van der Waals surface area (Å²) in [6.45, 7) is -2.98. The number of alkyl halides is 2. The number of halogens is 3. The van der Waals surface area contributed by atoms with E-state index in [1.807, 2.05) is 24.3 Å². The highest BCUT2D eigenvalue weighted by Crippen LogP contribution is 2.33. The number of para-hydroxylation sites is 1. The molecule has 0 saturated carbocycles. The first-order valence-corrected chi connectivity index (χ1v) is 10.9. The molecular formula is C24H17ClF2N2O3S. The van der Waals surface area contributed by atoms with Crippen molar-refractivity contribution in [1.82, 2.24) is 4.98 Å². The second kappa shape index (κ2) is 9.97. The number of nitrogens with zero attached hydrogens (tertiary/aromatic N) is 1. The number of rotatable bonds is 7. The van der Waals surface area contributed by atoms with Gasteiger partial charge in [-0.3, -0.25) is 4.79 Å². The SMILES string of the molecule is COc1cc(C=C(C(=O)Nc2ccc(Cl)cc2)c2nc3ccccc3s2)ccc1OC(F)F. The average Bonchev–Trinajstić information content (AvgIpc) is 3.23. The van der Waals surface area contributed by atoms with Crippen molar-refractivity contribution in [3.63, 3.8) is 0 Å². The molecule has 33 heavy (non-hydrogen) atoms. The molecule has 1 N–H and O–H groups in total. The van der Waals surface area contributed by atoms with Gasteiger partial charge in [0.2, 0.25) is 0 Å². The number of aromatic nitrogens is 1. The number of carbonyl (C=O) groups excluding carboxylic acids is 1. The van der Waals surface area contributed by atoms with Crippen LogP contribution in [0.5, 0.6) is 11.5 Å². The maximum absolute atomic E-state index is 13.2. The standard InChI is InChI=1S/C24H17ClF2N2O3S/c1-31-20-13-14(6-11-19(20)32-24(26)27)12-17(22(30)28-16-9-7-15(25)8-10-16)23-29-18-4-2-3-5-21(18)33-23/h2-13,24H,1H3,(H,28,30). The Bertz CT molecular complexity index is 1290. The summed E-state index contributed by atoms with van der Waals surface area (Å²) < 4.78 is 35.9. The lowest BCUT2D eigenvalue weighted by Gasteiger charge is -2.11. The van der Waals surface area contributed by atoms with Crippen LogP contribution in [0.15, 0.2) is 66.7 Å². The molecule has 9 heteroatoms. The minimum atomic E-state index is -2.98. The molecule has 0 aliphatic carbocycles. The third kappa shape index (κ3) is 5.47. The predicted molar refractivity (Wildman–Crippen MR) is 127 cm³/mol. The van der Waals surface area contributed by atoms with E-state index in [-0.39, 0.29) is 17.4 Å². The van der Waals surface area contributed by atoms with Crippen LogP contribution in [0.3, 0.4) is 0 Å². The topological polar surface area (TPSA) is 60.5 Å². The van der Waals surface area contributed by atoms with Gasteiger partial charge in [0.1, 0.15) is 5.01 Å². The van der Waals surface area contributed by atoms with Gasteiger partial charge in [-0.25, -0.2) is 4.98 Å². The number of nitrogens with one attached hydrogen (secondary N) is 1. The second-order valence-electron chi connectivity index (χ2n) is 6.79. The van der Waals surface area contributed by atoms with Crippen molar-refractivity contribution in [3.8, 4) is 11.5 Å². The Morgan fingerprint density at radius 3 is 2.55 bits per heavy atom. The van der Waals surface area contributed by atoms with E-state index in [0.29, 0.717) is 26.9 Å². The molecule has 0 fully saturated rings. The molecule has 0 aliphatic rings. The molecule has 4 aromatic rings. The van der Waals surface area contributed by atoms with Gasteiger partial charge < -0.3 is 14.8 Å². The van der Waals surface area contributed by atoms with Crippen molar-refractivity contribution in [2.24, 2.45) is 0 Å². The molecule has 0 spiro atoms. The van der Waals surface area contributed by atoms with E-state index in [1.165, 1.54) is 30.6 Å². The van der Waals surface area contributed by atoms with E-state index in [2.05, 4.69) is 15.0 Å². The summed E-state index contributed by atoms with van der Waals surface area (Å²) >= 11 is 7.30. The van der Waals surface area contributed by atoms with Crippen molar-refractivity contribution in [2.45, 2.75) is 6.61 Å². The van der Waals surface area contributed by atoms with Crippen LogP contribution in [0.4, 0.5) is 14.5 Å². The Kier molecular flexibility index (Phi) is 6.86. The average molecular weight is 487 g/mol. The van der Waals surface area contributed by atoms with Crippen LogP contribution in [0.2, 0.25) is 5.02 Å². The van der Waals surface area contributed by atoms with Crippen molar-refractivity contribution in [2.75, 3.05) is 12.4 Å². The largest absolute Gasteiger partial charge is 0.493 e. The third-order valence-electron chi connectivity index (χ3n) is 4.59. The summed E-state index contributed by atoms with van der Waals surface area (Å²) in [5, 5.41) is 3.90. The molecule has 0 radical (unpaired) electrons. The lowest BCUT2D eigenvalue weighted by atomic mass is 10.1. The maximum Gasteiger partial charge on any atom is 0.387 e. The quantitative estimate of drug-likeness (QED) is 0.294. The second-order valence-corrected chi connectivity index (χ2v) is 8.26. The van der Waals surface area contributed by atoms with Crippen LogP contribution in [-0.4, -0.2) is 24.6 Å². The molecule has 1 aromatic heterocycles. The van der Waals surface area contributed by atoms with Gasteiger partial charge in [-0.1, -0.05) is 29.8 Å². The number of hydrogen-bond donors (Lipinski definition) is 1. The van der Waals surface area contributed by atoms with E-state index in [0.717, 1.165) is 10.2 Å². The number of carbonyl (C=O) groups is 1. The molecule has 1 amide bonds. The molecule has 0 aliphatic heterocycles. The van der Waals surface area contributed by atoms with Gasteiger partial charge in [0.05, 0.1) is 22.9 Å². The molecule has 0 saturated heterocycles. The molecule has 5 nitrogen and oxygen atoms in total. The number of benzene rings is 3. The molecule has 0 unspecified atom stereocenters. The fraction of sp³-hybridized carbons (Fsp3) is 0.0833. The third-order valence-corrected chi connectivity index (χ3v) is 5.91. The zero-order valence-electron chi connectivity index (χ0n) is 17.2. The molecule has 1 heterocycles. The number of hydrogen-bond acceptors (Lipinski definition) is 5. The summed E-state index contributed by atoms with van der Waals surface area (Å²) in [5.41, 5.74) is 2.18. The maximum atomic E-state index is 13.2. The summed E-state index contributed by atoms with van der Waals surface area (Å²) in [5.74, 6) is -0.370. The van der Waals surface area contributed by atoms with Crippen LogP contribution in [0.1, 0.15) is 10.6 Å². The van der Waals surface area contributed by atoms with Gasteiger partial charge in [-0.2, -0.15) is 8.78 Å². The normalized spacial score (nSPS) is 11.6. The highest BCUT2D eigenvalue weighted by Gasteiger charge is 2.18. The highest BCUT2D eigenvalue weighted by atomic mass is 35.5. The number of fused-ring (bicyclic) bond motifs is 1. The smallest absolute Gasteiger partial charge is 0.387 e. The number of anilines is 1. The van der Waals surface area contributed by atoms with Crippen molar-refractivity contribution < 1.29 is 23.0 Å². The van der Waals surface area contributed by atoms with Crippen LogP contribution in [0, 0.1) is 0 Å². The monoisotopic (exact) mass is 486 g/mol. The molecule has 3 aromatic carbocycles. The number of thiazole rings is 1. The lowest BCUT2D eigenvalue weighted by molar-refractivity contribution is -0.111. The van der Waals surface area contributed by atoms with Gasteiger partial charge >= 0.3 is 6.61 Å². The van der Waals surface area contributed by atoms with Gasteiger partial charge in [0.15, 0.2) is 11.5 Å². The summed E-state index contributed by atoms with van der Waals surface area (Å²) in [4.78, 5) is 17.8. The van der Waals surface area contributed by atoms with Gasteiger partial charge in [-0.05, 0) is 60.2 Å². The molecule has 0 bridgehead atoms. The lowest BCUT2D eigenvalue weighted by Crippen LogP contribution is -2.13. The zero-order valence-corrected chi connectivity index (χ0v) is 18.8. The van der Waals surface area contributed by atoms with Gasteiger partial charge in [0, 0.05) is 10.7 Å². The Morgan fingerprint density at radius 2 is 1.85 bits per heavy atom. The highest BCUT2D eigenvalue weighted by molar-refractivity contribution is 7.19. The Balaban J connectivity index is 1.75. The summed E-state index contributed by atoms with van der Waals surface area (Å²) in [7, 11) is 1.35. The van der Waals surface area contributed by atoms with Crippen molar-refractivity contribution >= 4 is 56.4 Å². The van der Waals surface area contributed by atoms with Gasteiger partial charge in [0.25, 0.3) is 5.91 Å². The van der Waals surface area contributed by atoms with Crippen molar-refractivity contribution in [3.05, 3.63) is 82.3 Å². The minimum Gasteiger partial charge on any atom is -0.493 e. The Labute approximate surface area is 197 Å². The van der Waals surface area contributed by atoms with E-state index >= 15 is 0 Å². The molecular weight excluding hydrogens is 470 g/mol. The molecule has 4 rings (SSSR count). The fourth-order valence-corrected chi connectivity index (χ4v) is 4.18. The summed E-state index contributed by atoms with van der Waals surface area (Å²) in [6, 6.07) is 18.7. The van der Waals surface area contributed by atoms with Crippen LogP contribution >= 0.6 is 22.9 Å². The first kappa shape index (κ1) is 22.7. The Morgan fingerprint density at radius 1 is 1.09 bits per heavy atom. The first-order valence-electron chi connectivity index (χ1n) is 9.70. The van der Waals surface area contributed by atoms with E-state index in [4.69, 9.17) is 16.3 Å². The predicted octanol–water partition coefficient (Wildman–Crippen LogP) is 6.74. The van der Waals surface area contributed by atoms with Crippen LogP contribution in [-0.2, 0) is 4.79 Å². The van der Waals surface area contributed by atoms with E-state index in [9.17, 15) is 13.6 Å². The fourth-order valence-electron chi connectivity index (χ4n) is 3.08. The van der Waals surface area contributed by atoms with E-state index < -0.39 is 6.61 Å². The van der Waals surface area contributed by atoms with Crippen molar-refractivity contribution in [1.29, 1.82) is 0 Å². The Hall–Kier alpha value is -3.49.